The maximum absolute atomic E-state index is 13.7. The monoisotopic (exact) mass is 619 g/mol. The first kappa shape index (κ1) is 35.3. The number of nitrogen functional groups attached to an aromatic ring is 2. The summed E-state index contributed by atoms with van der Waals surface area (Å²) >= 11 is 0. The van der Waals surface area contributed by atoms with Crippen LogP contribution in [-0.2, 0) is 32.9 Å². The van der Waals surface area contributed by atoms with Crippen molar-refractivity contribution in [2.75, 3.05) is 45.5 Å². The number of hydrogen-bond acceptors (Lipinski definition) is 15. The number of ether oxygens (including phenoxy) is 4. The number of carbonyl (C=O) groups excluding carboxylic acids is 2. The number of anilines is 2. The predicted molar refractivity (Wildman–Crippen MR) is 152 cm³/mol. The number of esters is 2. The predicted octanol–water partition coefficient (Wildman–Crippen LogP) is -0.0681. The lowest BCUT2D eigenvalue weighted by atomic mass is 10.0. The second-order valence-electron chi connectivity index (χ2n) is 9.58. The molecule has 1 saturated carbocycles. The van der Waals surface area contributed by atoms with E-state index in [1.807, 2.05) is 0 Å². The lowest BCUT2D eigenvalue weighted by Gasteiger charge is -2.30. The van der Waals surface area contributed by atoms with Crippen LogP contribution in [-0.4, -0.2) is 102 Å². The SMILES string of the molecule is CCOC(=O)C(C)NP(=O)(N[C@@H](C)C(=O)OCC)OCC(OC)C(O)C1(O)C(C)C1C=Nc1c(N)nc(N)nc1OC. The Morgan fingerprint density at radius 1 is 1.12 bits per heavy atom. The molecule has 1 heterocycles. The molecule has 1 aromatic rings. The molecule has 0 radical (unpaired) electrons. The van der Waals surface area contributed by atoms with Crippen molar-refractivity contribution >= 4 is 43.3 Å². The second-order valence-corrected chi connectivity index (χ2v) is 11.5. The highest BCUT2D eigenvalue weighted by Gasteiger charge is 2.66. The zero-order chi connectivity index (χ0) is 31.8. The summed E-state index contributed by atoms with van der Waals surface area (Å²) in [5, 5.41) is 27.5. The highest BCUT2D eigenvalue weighted by atomic mass is 31.2. The van der Waals surface area contributed by atoms with Gasteiger partial charge in [0, 0.05) is 19.2 Å². The first-order chi connectivity index (χ1) is 19.7. The molecule has 18 heteroatoms. The Kier molecular flexibility index (Phi) is 12.6. The molecule has 0 aromatic carbocycles. The van der Waals surface area contributed by atoms with Gasteiger partial charge in [-0.1, -0.05) is 6.92 Å². The maximum atomic E-state index is 13.7. The summed E-state index contributed by atoms with van der Waals surface area (Å²) in [6.45, 7) is 7.37. The van der Waals surface area contributed by atoms with E-state index in [0.29, 0.717) is 0 Å². The minimum Gasteiger partial charge on any atom is -0.479 e. The number of nitrogens with one attached hydrogen (secondary N) is 2. The highest BCUT2D eigenvalue weighted by molar-refractivity contribution is 7.54. The van der Waals surface area contributed by atoms with Gasteiger partial charge in [0.25, 0.3) is 0 Å². The van der Waals surface area contributed by atoms with E-state index in [2.05, 4.69) is 25.1 Å². The number of nitrogens with two attached hydrogens (primary N) is 2. The van der Waals surface area contributed by atoms with Crippen LogP contribution in [0.1, 0.15) is 34.6 Å². The minimum absolute atomic E-state index is 0.0293. The van der Waals surface area contributed by atoms with Gasteiger partial charge in [-0.05, 0) is 33.6 Å². The van der Waals surface area contributed by atoms with E-state index < -0.39 is 67.9 Å². The van der Waals surface area contributed by atoms with Gasteiger partial charge in [-0.15, -0.1) is 0 Å². The molecule has 8 atom stereocenters. The molecule has 1 aliphatic rings. The molecule has 42 heavy (non-hydrogen) atoms. The van der Waals surface area contributed by atoms with Crippen LogP contribution in [0.25, 0.3) is 0 Å². The Morgan fingerprint density at radius 2 is 1.67 bits per heavy atom. The summed E-state index contributed by atoms with van der Waals surface area (Å²) in [6.07, 6.45) is -1.37. The number of methoxy groups -OCH3 is 2. The third kappa shape index (κ3) is 8.34. The fraction of sp³-hybridized carbons (Fsp3) is 0.708. The van der Waals surface area contributed by atoms with E-state index in [0.717, 1.165) is 0 Å². The maximum Gasteiger partial charge on any atom is 0.342 e. The van der Waals surface area contributed by atoms with Gasteiger partial charge < -0.3 is 45.2 Å². The van der Waals surface area contributed by atoms with Crippen LogP contribution >= 0.6 is 7.67 Å². The largest absolute Gasteiger partial charge is 0.479 e. The van der Waals surface area contributed by atoms with Crippen LogP contribution in [0.15, 0.2) is 4.99 Å². The van der Waals surface area contributed by atoms with Crippen LogP contribution in [0, 0.1) is 11.8 Å². The van der Waals surface area contributed by atoms with Crippen LogP contribution in [0.3, 0.4) is 0 Å². The summed E-state index contributed by atoms with van der Waals surface area (Å²) < 4.78 is 39.8. The molecule has 1 aromatic heterocycles. The van der Waals surface area contributed by atoms with Crippen molar-refractivity contribution in [3.8, 4) is 5.88 Å². The first-order valence-corrected chi connectivity index (χ1v) is 14.9. The van der Waals surface area contributed by atoms with Gasteiger partial charge in [0.2, 0.25) is 11.8 Å². The van der Waals surface area contributed by atoms with Gasteiger partial charge in [0.15, 0.2) is 11.5 Å². The summed E-state index contributed by atoms with van der Waals surface area (Å²) in [5.74, 6) is -2.69. The van der Waals surface area contributed by atoms with Gasteiger partial charge in [0.05, 0.1) is 26.9 Å². The topological polar surface area (TPSA) is 252 Å². The first-order valence-electron chi connectivity index (χ1n) is 13.3. The van der Waals surface area contributed by atoms with Crippen molar-refractivity contribution in [3.05, 3.63) is 0 Å². The standard InChI is InChI=1S/C24H42N7O10P/c1-8-39-21(33)13(4)30-42(36,31-14(5)22(34)40-9-2)41-11-16(37-6)18(32)24(35)12(3)15(24)10-27-17-19(25)28-23(26)29-20(17)38-7/h10,12-16,18,32,35H,8-9,11H2,1-7H3,(H2,30,31,36)(H4,25,26,28,29)/t12?,13-,14?,15?,16?,18?,24?,42?/m0/s1. The fourth-order valence-electron chi connectivity index (χ4n) is 4.23. The van der Waals surface area contributed by atoms with E-state index >= 15 is 0 Å². The van der Waals surface area contributed by atoms with E-state index in [1.165, 1.54) is 34.3 Å². The number of aliphatic hydroxyl groups excluding tert-OH is 1. The molecule has 8 N–H and O–H groups in total. The molecule has 0 amide bonds. The fourth-order valence-corrected chi connectivity index (χ4v) is 6.04. The molecule has 1 fully saturated rings. The number of aromatic nitrogens is 2. The third-order valence-corrected chi connectivity index (χ3v) is 8.67. The zero-order valence-electron chi connectivity index (χ0n) is 24.8. The number of nitrogens with zero attached hydrogens (tertiary/aromatic N) is 3. The molecular formula is C24H42N7O10P. The lowest BCUT2D eigenvalue weighted by molar-refractivity contribution is -0.145. The van der Waals surface area contributed by atoms with Crippen LogP contribution in [0.4, 0.5) is 17.5 Å². The van der Waals surface area contributed by atoms with Crippen molar-refractivity contribution in [1.29, 1.82) is 0 Å². The Morgan fingerprint density at radius 3 is 2.14 bits per heavy atom. The molecule has 17 nitrogen and oxygen atoms in total. The number of aliphatic imine (C=N–C) groups is 1. The number of rotatable bonds is 17. The van der Waals surface area contributed by atoms with Gasteiger partial charge in [0.1, 0.15) is 29.9 Å². The summed E-state index contributed by atoms with van der Waals surface area (Å²) in [4.78, 5) is 36.4. The summed E-state index contributed by atoms with van der Waals surface area (Å²) in [5.41, 5.74) is 9.85. The summed E-state index contributed by atoms with van der Waals surface area (Å²) in [7, 11) is -1.56. The van der Waals surface area contributed by atoms with E-state index in [9.17, 15) is 24.4 Å². The smallest absolute Gasteiger partial charge is 0.342 e. The highest BCUT2D eigenvalue weighted by Crippen LogP contribution is 2.53. The summed E-state index contributed by atoms with van der Waals surface area (Å²) in [6, 6.07) is -2.20. The average Bonchev–Trinajstić information content (AvgIpc) is 3.47. The minimum atomic E-state index is -4.18. The normalized spacial score (nSPS) is 24.3. The van der Waals surface area contributed by atoms with Gasteiger partial charge >= 0.3 is 19.6 Å². The molecule has 0 spiro atoms. The average molecular weight is 620 g/mol. The van der Waals surface area contributed by atoms with Crippen molar-refractivity contribution in [2.45, 2.75) is 64.5 Å². The Hall–Kier alpha value is -2.92. The number of carbonyl (C=O) groups is 2. The van der Waals surface area contributed by atoms with Crippen LogP contribution < -0.4 is 26.4 Å². The van der Waals surface area contributed by atoms with Gasteiger partial charge in [-0.2, -0.15) is 9.97 Å². The lowest BCUT2D eigenvalue weighted by Crippen LogP contribution is -2.46. The second kappa shape index (κ2) is 15.0. The van der Waals surface area contributed by atoms with E-state index in [-0.39, 0.29) is 36.5 Å². The Bertz CT molecular complexity index is 1140. The van der Waals surface area contributed by atoms with Crippen molar-refractivity contribution in [3.63, 3.8) is 0 Å². The molecular weight excluding hydrogens is 577 g/mol. The van der Waals surface area contributed by atoms with E-state index in [4.69, 9.17) is 34.9 Å². The Labute approximate surface area is 244 Å². The van der Waals surface area contributed by atoms with Gasteiger partial charge in [-0.3, -0.25) is 19.1 Å². The van der Waals surface area contributed by atoms with Crippen LogP contribution in [0.2, 0.25) is 0 Å². The number of aliphatic hydroxyl groups is 2. The quantitative estimate of drug-likeness (QED) is 0.0758. The molecule has 0 aliphatic heterocycles. The third-order valence-electron chi connectivity index (χ3n) is 6.70. The Balaban J connectivity index is 2.21. The molecule has 238 valence electrons. The number of hydrogen-bond donors (Lipinski definition) is 6. The van der Waals surface area contributed by atoms with Crippen molar-refractivity contribution in [1.82, 2.24) is 20.1 Å². The van der Waals surface area contributed by atoms with Gasteiger partial charge in [-0.25, -0.2) is 10.2 Å². The van der Waals surface area contributed by atoms with Crippen molar-refractivity contribution in [2.24, 2.45) is 16.8 Å². The molecule has 2 rings (SSSR count). The zero-order valence-corrected chi connectivity index (χ0v) is 25.7. The van der Waals surface area contributed by atoms with Crippen molar-refractivity contribution < 1.29 is 47.8 Å². The molecule has 1 aliphatic carbocycles. The molecule has 0 saturated heterocycles. The molecule has 0 bridgehead atoms. The van der Waals surface area contributed by atoms with Crippen LogP contribution in [0.5, 0.6) is 5.88 Å². The molecule has 7 unspecified atom stereocenters. The van der Waals surface area contributed by atoms with E-state index in [1.54, 1.807) is 20.8 Å².